The minimum absolute atomic E-state index is 0.165. The van der Waals surface area contributed by atoms with Crippen LogP contribution in [0.15, 0.2) is 24.3 Å². The Labute approximate surface area is 131 Å². The molecule has 1 amide bonds. The van der Waals surface area contributed by atoms with E-state index >= 15 is 0 Å². The minimum atomic E-state index is -1.08. The molecule has 1 aromatic carbocycles. The SMILES string of the molecule is CCOC(=O)OC(C)OC(=O)c1cc2cc(NC=O)ccc2[nH]1. The van der Waals surface area contributed by atoms with E-state index in [4.69, 9.17) is 9.47 Å². The van der Waals surface area contributed by atoms with E-state index in [0.717, 1.165) is 5.39 Å². The molecule has 2 N–H and O–H groups in total. The Morgan fingerprint density at radius 1 is 1.30 bits per heavy atom. The van der Waals surface area contributed by atoms with Gasteiger partial charge in [0.05, 0.1) is 6.61 Å². The van der Waals surface area contributed by atoms with E-state index in [1.54, 1.807) is 31.2 Å². The van der Waals surface area contributed by atoms with Crippen LogP contribution in [0.5, 0.6) is 0 Å². The number of carbonyl (C=O) groups excluding carboxylic acids is 3. The quantitative estimate of drug-likeness (QED) is 0.481. The van der Waals surface area contributed by atoms with Gasteiger partial charge in [-0.2, -0.15) is 0 Å². The molecule has 0 aliphatic heterocycles. The van der Waals surface area contributed by atoms with Crippen molar-refractivity contribution in [1.82, 2.24) is 4.98 Å². The van der Waals surface area contributed by atoms with Crippen LogP contribution in [0, 0.1) is 0 Å². The van der Waals surface area contributed by atoms with Gasteiger partial charge in [-0.3, -0.25) is 4.79 Å². The van der Waals surface area contributed by atoms with Gasteiger partial charge in [-0.25, -0.2) is 9.59 Å². The van der Waals surface area contributed by atoms with Crippen molar-refractivity contribution in [1.29, 1.82) is 0 Å². The third-order valence-corrected chi connectivity index (χ3v) is 2.86. The van der Waals surface area contributed by atoms with Gasteiger partial charge in [-0.1, -0.05) is 0 Å². The van der Waals surface area contributed by atoms with Crippen molar-refractivity contribution in [2.45, 2.75) is 20.1 Å². The number of aromatic nitrogens is 1. The highest BCUT2D eigenvalue weighted by atomic mass is 16.8. The van der Waals surface area contributed by atoms with Gasteiger partial charge in [0.15, 0.2) is 0 Å². The number of nitrogens with one attached hydrogen (secondary N) is 2. The molecule has 0 radical (unpaired) electrons. The van der Waals surface area contributed by atoms with Crippen LogP contribution in [0.3, 0.4) is 0 Å². The zero-order valence-corrected chi connectivity index (χ0v) is 12.6. The molecule has 1 atom stereocenters. The van der Waals surface area contributed by atoms with Crippen molar-refractivity contribution >= 4 is 35.1 Å². The van der Waals surface area contributed by atoms with E-state index in [0.29, 0.717) is 17.6 Å². The minimum Gasteiger partial charge on any atom is -0.435 e. The average molecular weight is 320 g/mol. The fourth-order valence-electron chi connectivity index (χ4n) is 1.93. The first-order valence-corrected chi connectivity index (χ1v) is 6.90. The largest absolute Gasteiger partial charge is 0.511 e. The van der Waals surface area contributed by atoms with E-state index in [9.17, 15) is 14.4 Å². The molecule has 0 saturated heterocycles. The lowest BCUT2D eigenvalue weighted by atomic mass is 10.2. The van der Waals surface area contributed by atoms with Gasteiger partial charge in [-0.05, 0) is 31.2 Å². The molecule has 1 heterocycles. The maximum absolute atomic E-state index is 12.0. The van der Waals surface area contributed by atoms with E-state index in [2.05, 4.69) is 15.0 Å². The fourth-order valence-corrected chi connectivity index (χ4v) is 1.93. The number of H-pyrrole nitrogens is 1. The highest BCUT2D eigenvalue weighted by Gasteiger charge is 2.18. The summed E-state index contributed by atoms with van der Waals surface area (Å²) in [6, 6.07) is 6.69. The second-order valence-electron chi connectivity index (χ2n) is 4.52. The highest BCUT2D eigenvalue weighted by molar-refractivity contribution is 5.96. The van der Waals surface area contributed by atoms with Crippen LogP contribution >= 0.6 is 0 Å². The first-order valence-electron chi connectivity index (χ1n) is 6.90. The Morgan fingerprint density at radius 3 is 2.78 bits per heavy atom. The molecule has 0 fully saturated rings. The number of carbonyl (C=O) groups is 3. The number of anilines is 1. The lowest BCUT2D eigenvalue weighted by Crippen LogP contribution is -2.22. The lowest BCUT2D eigenvalue weighted by molar-refractivity contribution is -0.105. The van der Waals surface area contributed by atoms with Gasteiger partial charge in [0.1, 0.15) is 5.69 Å². The number of amides is 1. The first-order chi connectivity index (χ1) is 11.0. The Hall–Kier alpha value is -3.03. The Bertz CT molecular complexity index is 724. The Kier molecular flexibility index (Phi) is 5.19. The van der Waals surface area contributed by atoms with E-state index < -0.39 is 18.4 Å². The summed E-state index contributed by atoms with van der Waals surface area (Å²) >= 11 is 0. The molecule has 23 heavy (non-hydrogen) atoms. The second kappa shape index (κ2) is 7.30. The first kappa shape index (κ1) is 16.3. The molecule has 0 aliphatic rings. The number of fused-ring (bicyclic) bond motifs is 1. The predicted molar refractivity (Wildman–Crippen MR) is 81.0 cm³/mol. The molecule has 8 heteroatoms. The van der Waals surface area contributed by atoms with Crippen LogP contribution in [0.4, 0.5) is 10.5 Å². The zero-order valence-electron chi connectivity index (χ0n) is 12.6. The highest BCUT2D eigenvalue weighted by Crippen LogP contribution is 2.20. The third kappa shape index (κ3) is 4.22. The summed E-state index contributed by atoms with van der Waals surface area (Å²) in [6.07, 6.45) is -1.42. The lowest BCUT2D eigenvalue weighted by Gasteiger charge is -2.12. The topological polar surface area (TPSA) is 107 Å². The monoisotopic (exact) mass is 320 g/mol. The molecule has 1 unspecified atom stereocenters. The number of aromatic amines is 1. The van der Waals surface area contributed by atoms with Gasteiger partial charge < -0.3 is 24.5 Å². The summed E-state index contributed by atoms with van der Waals surface area (Å²) in [5.74, 6) is -0.678. The number of hydrogen-bond donors (Lipinski definition) is 2. The molecule has 8 nitrogen and oxygen atoms in total. The van der Waals surface area contributed by atoms with Crippen LogP contribution in [0.2, 0.25) is 0 Å². The van der Waals surface area contributed by atoms with E-state index in [1.807, 2.05) is 0 Å². The normalized spacial score (nSPS) is 11.6. The maximum atomic E-state index is 12.0. The average Bonchev–Trinajstić information content (AvgIpc) is 2.91. The molecule has 0 spiro atoms. The van der Waals surface area contributed by atoms with E-state index in [-0.39, 0.29) is 12.3 Å². The second-order valence-corrected chi connectivity index (χ2v) is 4.52. The molecule has 0 aliphatic carbocycles. The number of ether oxygens (including phenoxy) is 3. The summed E-state index contributed by atoms with van der Waals surface area (Å²) in [5, 5.41) is 3.25. The summed E-state index contributed by atoms with van der Waals surface area (Å²) < 4.78 is 14.3. The summed E-state index contributed by atoms with van der Waals surface area (Å²) in [7, 11) is 0. The van der Waals surface area contributed by atoms with Crippen LogP contribution < -0.4 is 5.32 Å². The number of hydrogen-bond acceptors (Lipinski definition) is 6. The van der Waals surface area contributed by atoms with Crippen LogP contribution in [0.25, 0.3) is 10.9 Å². The molecule has 1 aromatic heterocycles. The molecule has 122 valence electrons. The smallest absolute Gasteiger partial charge is 0.435 e. The Morgan fingerprint density at radius 2 is 2.09 bits per heavy atom. The maximum Gasteiger partial charge on any atom is 0.511 e. The van der Waals surface area contributed by atoms with Crippen LogP contribution in [0.1, 0.15) is 24.3 Å². The summed E-state index contributed by atoms with van der Waals surface area (Å²) in [5.41, 5.74) is 1.50. The summed E-state index contributed by atoms with van der Waals surface area (Å²) in [4.78, 5) is 36.5. The van der Waals surface area contributed by atoms with Crippen molar-refractivity contribution < 1.29 is 28.6 Å². The molecule has 0 saturated carbocycles. The number of esters is 1. The van der Waals surface area contributed by atoms with E-state index in [1.165, 1.54) is 6.92 Å². The van der Waals surface area contributed by atoms with Gasteiger partial charge >= 0.3 is 12.1 Å². The van der Waals surface area contributed by atoms with Gasteiger partial charge in [-0.15, -0.1) is 0 Å². The van der Waals surface area contributed by atoms with Crippen molar-refractivity contribution in [3.05, 3.63) is 30.0 Å². The van der Waals surface area contributed by atoms with Crippen molar-refractivity contribution in [3.63, 3.8) is 0 Å². The molecule has 2 aromatic rings. The zero-order chi connectivity index (χ0) is 16.8. The van der Waals surface area contributed by atoms with Gasteiger partial charge in [0, 0.05) is 23.5 Å². The van der Waals surface area contributed by atoms with Crippen molar-refractivity contribution in [2.24, 2.45) is 0 Å². The van der Waals surface area contributed by atoms with Crippen LogP contribution in [-0.4, -0.2) is 36.4 Å². The Balaban J connectivity index is 2.05. The summed E-state index contributed by atoms with van der Waals surface area (Å²) in [6.45, 7) is 3.21. The van der Waals surface area contributed by atoms with Crippen LogP contribution in [-0.2, 0) is 19.0 Å². The van der Waals surface area contributed by atoms with Gasteiger partial charge in [0.2, 0.25) is 12.7 Å². The third-order valence-electron chi connectivity index (χ3n) is 2.86. The van der Waals surface area contributed by atoms with Crippen molar-refractivity contribution in [2.75, 3.05) is 11.9 Å². The molecular formula is C15H16N2O6. The predicted octanol–water partition coefficient (Wildman–Crippen LogP) is 2.41. The number of benzene rings is 1. The standard InChI is InChI=1S/C15H16N2O6/c1-3-21-15(20)23-9(2)22-14(19)13-7-10-6-11(16-8-18)4-5-12(10)17-13/h4-9,17H,3H2,1-2H3,(H,16,18). The molecule has 0 bridgehead atoms. The van der Waals surface area contributed by atoms with Crippen molar-refractivity contribution in [3.8, 4) is 0 Å². The van der Waals surface area contributed by atoms with Gasteiger partial charge in [0.25, 0.3) is 0 Å². The molecular weight excluding hydrogens is 304 g/mol. The fraction of sp³-hybridized carbons (Fsp3) is 0.267. The number of rotatable bonds is 6. The molecule has 2 rings (SSSR count).